The van der Waals surface area contributed by atoms with E-state index in [1.54, 1.807) is 41.3 Å². The van der Waals surface area contributed by atoms with Gasteiger partial charge in [-0.15, -0.1) is 0 Å². The Balaban J connectivity index is 1.20. The van der Waals surface area contributed by atoms with Gasteiger partial charge in [0.25, 0.3) is 17.4 Å². The molecule has 2 aliphatic heterocycles. The van der Waals surface area contributed by atoms with Crippen molar-refractivity contribution in [2.75, 3.05) is 49.1 Å². The molecule has 1 N–H and O–H groups in total. The van der Waals surface area contributed by atoms with E-state index in [2.05, 4.69) is 15.2 Å². The molecule has 4 heterocycles. The highest BCUT2D eigenvalue weighted by molar-refractivity contribution is 5.95. The molecule has 2 fully saturated rings. The molecule has 0 saturated carbocycles. The number of carbonyl (C=O) groups excluding carboxylic acids is 1. The van der Waals surface area contributed by atoms with Crippen LogP contribution in [0.5, 0.6) is 0 Å². The standard InChI is InChI=1S/C29H24F3N7O2/c30-24-5-1-18(11-23(24)28(41)38-9-7-37(8-10-38)26-6-2-19(14-33)15-34-26)12-25-22-13-20(39-16-29(31,32)17-39)3-4-21(22)27(40)36-35-25/h1-6,11,13,15H,7-10,12,16-17H2,(H,36,40). The van der Waals surface area contributed by atoms with E-state index in [1.807, 2.05) is 11.0 Å². The molecule has 4 aromatic rings. The van der Waals surface area contributed by atoms with Gasteiger partial charge in [-0.2, -0.15) is 10.4 Å². The molecule has 0 radical (unpaired) electrons. The van der Waals surface area contributed by atoms with Gasteiger partial charge in [-0.1, -0.05) is 6.07 Å². The molecule has 0 unspecified atom stereocenters. The number of nitriles is 1. The van der Waals surface area contributed by atoms with Crippen molar-refractivity contribution in [3.05, 3.63) is 93.3 Å². The smallest absolute Gasteiger partial charge is 0.282 e. The number of pyridine rings is 1. The van der Waals surface area contributed by atoms with Crippen LogP contribution in [0.4, 0.5) is 24.7 Å². The second-order valence-corrected chi connectivity index (χ2v) is 10.2. The van der Waals surface area contributed by atoms with E-state index in [4.69, 9.17) is 5.26 Å². The number of benzene rings is 2. The number of alkyl halides is 2. The zero-order chi connectivity index (χ0) is 28.7. The molecule has 1 amide bonds. The van der Waals surface area contributed by atoms with Crippen LogP contribution < -0.4 is 15.4 Å². The molecular formula is C29H24F3N7O2. The number of nitrogens with one attached hydrogen (secondary N) is 1. The van der Waals surface area contributed by atoms with Crippen LogP contribution >= 0.6 is 0 Å². The topological polar surface area (TPSA) is 109 Å². The predicted molar refractivity (Wildman–Crippen MR) is 146 cm³/mol. The van der Waals surface area contributed by atoms with Crippen LogP contribution in [0, 0.1) is 17.1 Å². The Bertz CT molecular complexity index is 1730. The molecular weight excluding hydrogens is 535 g/mol. The molecule has 12 heteroatoms. The monoisotopic (exact) mass is 559 g/mol. The lowest BCUT2D eigenvalue weighted by Gasteiger charge is -2.40. The van der Waals surface area contributed by atoms with Crippen molar-refractivity contribution >= 4 is 28.2 Å². The highest BCUT2D eigenvalue weighted by Crippen LogP contribution is 2.33. The normalized spacial score (nSPS) is 16.4. The van der Waals surface area contributed by atoms with E-state index < -0.39 is 36.3 Å². The van der Waals surface area contributed by atoms with Crippen LogP contribution in [0.2, 0.25) is 0 Å². The van der Waals surface area contributed by atoms with E-state index in [0.29, 0.717) is 65.3 Å². The van der Waals surface area contributed by atoms with Gasteiger partial charge in [-0.25, -0.2) is 23.3 Å². The third-order valence-corrected chi connectivity index (χ3v) is 7.46. The Hall–Kier alpha value is -4.92. The number of carbonyl (C=O) groups is 1. The predicted octanol–water partition coefficient (Wildman–Crippen LogP) is 3.34. The molecule has 41 heavy (non-hydrogen) atoms. The summed E-state index contributed by atoms with van der Waals surface area (Å²) in [7, 11) is 0. The van der Waals surface area contributed by atoms with Gasteiger partial charge in [0, 0.05) is 49.9 Å². The summed E-state index contributed by atoms with van der Waals surface area (Å²) in [6.45, 7) is 0.955. The number of hydrogen-bond acceptors (Lipinski definition) is 7. The van der Waals surface area contributed by atoms with Gasteiger partial charge in [0.1, 0.15) is 17.7 Å². The van der Waals surface area contributed by atoms with E-state index in [1.165, 1.54) is 23.2 Å². The molecule has 9 nitrogen and oxygen atoms in total. The summed E-state index contributed by atoms with van der Waals surface area (Å²) in [5.74, 6) is -3.11. The first-order valence-electron chi connectivity index (χ1n) is 13.0. The Morgan fingerprint density at radius 2 is 1.78 bits per heavy atom. The summed E-state index contributed by atoms with van der Waals surface area (Å²) in [5, 5.41) is 16.5. The summed E-state index contributed by atoms with van der Waals surface area (Å²) in [4.78, 5) is 35.1. The number of anilines is 2. The largest absolute Gasteiger partial charge is 0.359 e. The van der Waals surface area contributed by atoms with Gasteiger partial charge in [-0.05, 0) is 48.0 Å². The number of rotatable bonds is 5. The van der Waals surface area contributed by atoms with Gasteiger partial charge in [0.2, 0.25) is 0 Å². The molecule has 0 atom stereocenters. The Labute approximate surface area is 232 Å². The van der Waals surface area contributed by atoms with Crippen molar-refractivity contribution in [2.24, 2.45) is 0 Å². The van der Waals surface area contributed by atoms with Crippen molar-refractivity contribution in [1.82, 2.24) is 20.1 Å². The molecule has 6 rings (SSSR count). The number of aromatic amines is 1. The van der Waals surface area contributed by atoms with Crippen LogP contribution in [0.25, 0.3) is 10.8 Å². The average Bonchev–Trinajstić information content (AvgIpc) is 2.98. The molecule has 2 saturated heterocycles. The number of aromatic nitrogens is 3. The SMILES string of the molecule is N#Cc1ccc(N2CCN(C(=O)c3cc(Cc4n[nH]c(=O)c5ccc(N6CC(F)(F)C6)cc45)ccc3F)CC2)nc1. The summed E-state index contributed by atoms with van der Waals surface area (Å²) >= 11 is 0. The van der Waals surface area contributed by atoms with Crippen molar-refractivity contribution < 1.29 is 18.0 Å². The lowest BCUT2D eigenvalue weighted by Crippen LogP contribution is -2.56. The van der Waals surface area contributed by atoms with Gasteiger partial charge in [0.05, 0.1) is 35.3 Å². The van der Waals surface area contributed by atoms with Crippen molar-refractivity contribution in [1.29, 1.82) is 5.26 Å². The molecule has 2 aromatic heterocycles. The number of hydrogen-bond donors (Lipinski definition) is 1. The maximum absolute atomic E-state index is 14.9. The second-order valence-electron chi connectivity index (χ2n) is 10.2. The quantitative estimate of drug-likeness (QED) is 0.400. The maximum atomic E-state index is 14.9. The van der Waals surface area contributed by atoms with Crippen LogP contribution in [-0.4, -0.2) is 71.2 Å². The minimum absolute atomic E-state index is 0.0651. The number of halogens is 3. The van der Waals surface area contributed by atoms with Crippen molar-refractivity contribution in [2.45, 2.75) is 12.3 Å². The first kappa shape index (κ1) is 26.3. The lowest BCUT2D eigenvalue weighted by molar-refractivity contribution is -0.0262. The van der Waals surface area contributed by atoms with E-state index in [-0.39, 0.29) is 12.0 Å². The van der Waals surface area contributed by atoms with Crippen molar-refractivity contribution in [3.8, 4) is 6.07 Å². The zero-order valence-electron chi connectivity index (χ0n) is 21.8. The summed E-state index contributed by atoms with van der Waals surface area (Å²) < 4.78 is 41.7. The third-order valence-electron chi connectivity index (χ3n) is 7.46. The lowest BCUT2D eigenvalue weighted by atomic mass is 10.0. The number of nitrogens with zero attached hydrogens (tertiary/aromatic N) is 6. The van der Waals surface area contributed by atoms with E-state index >= 15 is 0 Å². The first-order valence-corrected chi connectivity index (χ1v) is 13.0. The number of H-pyrrole nitrogens is 1. The van der Waals surface area contributed by atoms with Gasteiger partial charge < -0.3 is 14.7 Å². The van der Waals surface area contributed by atoms with Crippen LogP contribution in [-0.2, 0) is 6.42 Å². The Morgan fingerprint density at radius 1 is 1.00 bits per heavy atom. The minimum atomic E-state index is -2.74. The van der Waals surface area contributed by atoms with Crippen LogP contribution in [0.15, 0.2) is 59.5 Å². The minimum Gasteiger partial charge on any atom is -0.359 e. The number of amides is 1. The fraction of sp³-hybridized carbons (Fsp3) is 0.276. The van der Waals surface area contributed by atoms with Crippen LogP contribution in [0.1, 0.15) is 27.2 Å². The van der Waals surface area contributed by atoms with E-state index in [0.717, 1.165) is 0 Å². The van der Waals surface area contributed by atoms with Gasteiger partial charge in [-0.3, -0.25) is 9.59 Å². The molecule has 0 bridgehead atoms. The fourth-order valence-corrected chi connectivity index (χ4v) is 5.22. The summed E-state index contributed by atoms with van der Waals surface area (Å²) in [6, 6.07) is 14.6. The van der Waals surface area contributed by atoms with Gasteiger partial charge in [0.15, 0.2) is 0 Å². The molecule has 0 spiro atoms. The average molecular weight is 560 g/mol. The first-order chi connectivity index (χ1) is 19.7. The number of piperazine rings is 1. The highest BCUT2D eigenvalue weighted by Gasteiger charge is 2.44. The van der Waals surface area contributed by atoms with Crippen LogP contribution in [0.3, 0.4) is 0 Å². The molecule has 0 aliphatic carbocycles. The Morgan fingerprint density at radius 3 is 2.46 bits per heavy atom. The number of fused-ring (bicyclic) bond motifs is 1. The van der Waals surface area contributed by atoms with Crippen molar-refractivity contribution in [3.63, 3.8) is 0 Å². The zero-order valence-corrected chi connectivity index (χ0v) is 21.8. The summed E-state index contributed by atoms with van der Waals surface area (Å²) in [5.41, 5.74) is 1.63. The molecule has 2 aromatic carbocycles. The summed E-state index contributed by atoms with van der Waals surface area (Å²) in [6.07, 6.45) is 1.68. The second kappa shape index (κ2) is 10.2. The Kier molecular flexibility index (Phi) is 6.57. The highest BCUT2D eigenvalue weighted by atomic mass is 19.3. The molecule has 208 valence electrons. The fourth-order valence-electron chi connectivity index (χ4n) is 5.22. The third kappa shape index (κ3) is 5.18. The molecule has 2 aliphatic rings. The van der Waals surface area contributed by atoms with Gasteiger partial charge >= 0.3 is 0 Å². The van der Waals surface area contributed by atoms with E-state index in [9.17, 15) is 22.8 Å². The maximum Gasteiger partial charge on any atom is 0.282 e.